The molecule has 3 heterocycles. The smallest absolute Gasteiger partial charge is 0.407 e. The van der Waals surface area contributed by atoms with Crippen molar-refractivity contribution in [1.29, 1.82) is 0 Å². The number of para-hydroxylation sites is 1. The summed E-state index contributed by atoms with van der Waals surface area (Å²) in [5.41, 5.74) is 0.157. The molecule has 2 saturated heterocycles. The first-order valence-electron chi connectivity index (χ1n) is 15.4. The summed E-state index contributed by atoms with van der Waals surface area (Å²) in [5.74, 6) is -4.39. The molecule has 5 amide bonds. The van der Waals surface area contributed by atoms with Crippen LogP contribution in [0.1, 0.15) is 43.1 Å². The van der Waals surface area contributed by atoms with E-state index in [1.807, 2.05) is 5.32 Å². The zero-order valence-corrected chi connectivity index (χ0v) is 26.4. The quantitative estimate of drug-likeness (QED) is 0.249. The lowest BCUT2D eigenvalue weighted by Crippen LogP contribution is -2.55. The van der Waals surface area contributed by atoms with Crippen LogP contribution in [0.15, 0.2) is 36.4 Å². The first-order valence-corrected chi connectivity index (χ1v) is 15.4. The molecule has 0 bridgehead atoms. The molecule has 2 aromatic rings. The predicted octanol–water partition coefficient (Wildman–Crippen LogP) is 1.09. The zero-order chi connectivity index (χ0) is 35.9. The Labute approximate surface area is 277 Å². The fourth-order valence-corrected chi connectivity index (χ4v) is 5.48. The standard InChI is InChI=1S/C30H36F3N7O9/c1-18(27(45)39-11-5-8-22(39)26(44)34-17-30(31,32)33)49-23-16-21(36-40(23)19-6-3-2-4-7-19)25(43)35-20(9-10-24(41)42)28(46)37-12-14-38(15-13-37)29(47)48/h2-4,6-7,16,18,20,22H,5,8-15,17H2,1H3,(H,34,44)(H,35,43)(H,41,42)(H,47,48)/t18?,20-,22-/m0/s1. The van der Waals surface area contributed by atoms with Crippen LogP contribution in [0.25, 0.3) is 5.69 Å². The average molecular weight is 696 g/mol. The Bertz CT molecular complexity index is 1540. The second-order valence-electron chi connectivity index (χ2n) is 11.5. The minimum absolute atomic E-state index is 0.0379. The van der Waals surface area contributed by atoms with Gasteiger partial charge in [0.15, 0.2) is 11.8 Å². The van der Waals surface area contributed by atoms with Gasteiger partial charge in [-0.15, -0.1) is 0 Å². The molecule has 4 rings (SSSR count). The molecule has 1 aromatic heterocycles. The number of aromatic nitrogens is 2. The van der Waals surface area contributed by atoms with Crippen molar-refractivity contribution in [3.8, 4) is 11.6 Å². The van der Waals surface area contributed by atoms with E-state index in [0.29, 0.717) is 12.1 Å². The van der Waals surface area contributed by atoms with E-state index in [1.165, 1.54) is 22.6 Å². The largest absolute Gasteiger partial charge is 0.481 e. The zero-order valence-electron chi connectivity index (χ0n) is 26.4. The number of likely N-dealkylation sites (tertiary alicyclic amines) is 1. The third kappa shape index (κ3) is 9.60. The number of aliphatic carboxylic acids is 1. The number of rotatable bonds is 12. The number of nitrogens with zero attached hydrogens (tertiary/aromatic N) is 5. The summed E-state index contributed by atoms with van der Waals surface area (Å²) in [4.78, 5) is 78.8. The van der Waals surface area contributed by atoms with Crippen molar-refractivity contribution in [2.24, 2.45) is 0 Å². The van der Waals surface area contributed by atoms with Crippen molar-refractivity contribution in [3.05, 3.63) is 42.1 Å². The van der Waals surface area contributed by atoms with Gasteiger partial charge in [0.1, 0.15) is 18.6 Å². The van der Waals surface area contributed by atoms with Crippen molar-refractivity contribution < 1.29 is 56.9 Å². The molecular formula is C30H36F3N7O9. The number of piperazine rings is 1. The lowest BCUT2D eigenvalue weighted by molar-refractivity contribution is -0.147. The number of carboxylic acid groups (broad SMARTS) is 2. The van der Waals surface area contributed by atoms with E-state index in [1.54, 1.807) is 30.3 Å². The van der Waals surface area contributed by atoms with Gasteiger partial charge in [0.2, 0.25) is 17.7 Å². The van der Waals surface area contributed by atoms with E-state index in [-0.39, 0.29) is 57.1 Å². The number of nitrogens with one attached hydrogen (secondary N) is 2. The van der Waals surface area contributed by atoms with Gasteiger partial charge in [-0.3, -0.25) is 24.0 Å². The summed E-state index contributed by atoms with van der Waals surface area (Å²) in [6.07, 6.45) is -7.22. The fourth-order valence-electron chi connectivity index (χ4n) is 5.48. The molecule has 1 unspecified atom stereocenters. The Kier molecular flexibility index (Phi) is 11.7. The van der Waals surface area contributed by atoms with E-state index in [0.717, 1.165) is 9.80 Å². The lowest BCUT2D eigenvalue weighted by Gasteiger charge is -2.35. The van der Waals surface area contributed by atoms with E-state index in [2.05, 4.69) is 10.4 Å². The van der Waals surface area contributed by atoms with E-state index in [4.69, 9.17) is 4.74 Å². The highest BCUT2D eigenvalue weighted by Crippen LogP contribution is 2.24. The number of hydrogen-bond donors (Lipinski definition) is 4. The summed E-state index contributed by atoms with van der Waals surface area (Å²) < 4.78 is 45.1. The third-order valence-electron chi connectivity index (χ3n) is 7.97. The van der Waals surface area contributed by atoms with Crippen molar-refractivity contribution in [2.45, 2.75) is 57.0 Å². The monoisotopic (exact) mass is 695 g/mol. The number of amides is 5. The molecule has 0 radical (unpaired) electrons. The Morgan fingerprint density at radius 2 is 1.63 bits per heavy atom. The topological polar surface area (TPSA) is 204 Å². The molecule has 0 aliphatic carbocycles. The number of carbonyl (C=O) groups is 6. The molecule has 0 saturated carbocycles. The van der Waals surface area contributed by atoms with Crippen LogP contribution in [-0.2, 0) is 19.2 Å². The Morgan fingerprint density at radius 3 is 2.24 bits per heavy atom. The molecule has 16 nitrogen and oxygen atoms in total. The van der Waals surface area contributed by atoms with Gasteiger partial charge in [-0.25, -0.2) is 9.48 Å². The van der Waals surface area contributed by atoms with Gasteiger partial charge in [-0.1, -0.05) is 18.2 Å². The van der Waals surface area contributed by atoms with Crippen molar-refractivity contribution in [1.82, 2.24) is 35.1 Å². The fraction of sp³-hybridized carbons (Fsp3) is 0.500. The number of halogens is 3. The number of ether oxygens (including phenoxy) is 1. The second-order valence-corrected chi connectivity index (χ2v) is 11.5. The van der Waals surface area contributed by atoms with Crippen molar-refractivity contribution >= 4 is 35.7 Å². The highest BCUT2D eigenvalue weighted by atomic mass is 19.4. The lowest BCUT2D eigenvalue weighted by atomic mass is 10.1. The van der Waals surface area contributed by atoms with Gasteiger partial charge in [0.25, 0.3) is 11.8 Å². The molecule has 2 fully saturated rings. The molecule has 3 atom stereocenters. The van der Waals surface area contributed by atoms with Gasteiger partial charge in [0.05, 0.1) is 5.69 Å². The minimum atomic E-state index is -4.62. The van der Waals surface area contributed by atoms with Gasteiger partial charge >= 0.3 is 18.2 Å². The van der Waals surface area contributed by atoms with E-state index in [9.17, 15) is 52.2 Å². The first kappa shape index (κ1) is 36.5. The van der Waals surface area contributed by atoms with Crippen LogP contribution in [0.3, 0.4) is 0 Å². The van der Waals surface area contributed by atoms with Crippen LogP contribution in [0.5, 0.6) is 5.88 Å². The van der Waals surface area contributed by atoms with Crippen LogP contribution in [0.4, 0.5) is 18.0 Å². The average Bonchev–Trinajstić information content (AvgIpc) is 3.73. The van der Waals surface area contributed by atoms with Crippen LogP contribution < -0.4 is 15.4 Å². The summed E-state index contributed by atoms with van der Waals surface area (Å²) in [5, 5.41) is 27.1. The van der Waals surface area contributed by atoms with Gasteiger partial charge in [-0.2, -0.15) is 18.3 Å². The highest BCUT2D eigenvalue weighted by Gasteiger charge is 2.39. The number of alkyl halides is 3. The Morgan fingerprint density at radius 1 is 0.980 bits per heavy atom. The highest BCUT2D eigenvalue weighted by molar-refractivity contribution is 5.96. The van der Waals surface area contributed by atoms with Gasteiger partial charge < -0.3 is 40.3 Å². The molecule has 19 heteroatoms. The molecule has 2 aliphatic rings. The number of carbonyl (C=O) groups excluding carboxylic acids is 4. The predicted molar refractivity (Wildman–Crippen MR) is 162 cm³/mol. The minimum Gasteiger partial charge on any atom is -0.481 e. The SMILES string of the molecule is CC(Oc1cc(C(=O)N[C@@H](CCC(=O)O)C(=O)N2CCN(C(=O)O)CC2)nn1-c1ccccc1)C(=O)N1CCC[C@H]1C(=O)NCC(F)(F)F. The third-order valence-corrected chi connectivity index (χ3v) is 7.97. The van der Waals surface area contributed by atoms with Crippen molar-refractivity contribution in [3.63, 3.8) is 0 Å². The first-order chi connectivity index (χ1) is 23.1. The maximum Gasteiger partial charge on any atom is 0.407 e. The summed E-state index contributed by atoms with van der Waals surface area (Å²) >= 11 is 0. The number of hydrogen-bond acceptors (Lipinski definition) is 8. The summed E-state index contributed by atoms with van der Waals surface area (Å²) in [6, 6.07) is 7.11. The van der Waals surface area contributed by atoms with Gasteiger partial charge in [-0.05, 0) is 38.3 Å². The normalized spacial score (nSPS) is 17.6. The number of benzene rings is 1. The summed E-state index contributed by atoms with van der Waals surface area (Å²) in [7, 11) is 0. The molecular weight excluding hydrogens is 659 g/mol. The van der Waals surface area contributed by atoms with Crippen molar-refractivity contribution in [2.75, 3.05) is 39.3 Å². The molecule has 4 N–H and O–H groups in total. The second kappa shape index (κ2) is 15.7. The molecule has 1 aromatic carbocycles. The number of carboxylic acids is 1. The molecule has 0 spiro atoms. The Hall–Kier alpha value is -5.36. The maximum absolute atomic E-state index is 13.5. The summed E-state index contributed by atoms with van der Waals surface area (Å²) in [6.45, 7) is 0.101. The van der Waals surface area contributed by atoms with Crippen LogP contribution >= 0.6 is 0 Å². The van der Waals surface area contributed by atoms with Crippen LogP contribution in [0.2, 0.25) is 0 Å². The van der Waals surface area contributed by atoms with Gasteiger partial charge in [0, 0.05) is 45.2 Å². The van der Waals surface area contributed by atoms with Crippen LogP contribution in [-0.4, -0.2) is 134 Å². The van der Waals surface area contributed by atoms with E-state index < -0.39 is 73.0 Å². The molecule has 2 aliphatic heterocycles. The Balaban J connectivity index is 1.52. The maximum atomic E-state index is 13.5. The molecule has 49 heavy (non-hydrogen) atoms. The van der Waals surface area contributed by atoms with E-state index >= 15 is 0 Å². The van der Waals surface area contributed by atoms with Crippen LogP contribution in [0, 0.1) is 0 Å². The molecule has 266 valence electrons.